The third kappa shape index (κ3) is 4.41. The number of rotatable bonds is 2. The van der Waals surface area contributed by atoms with Gasteiger partial charge in [0.1, 0.15) is 0 Å². The van der Waals surface area contributed by atoms with E-state index in [1.165, 1.54) is 32.1 Å². The van der Waals surface area contributed by atoms with Gasteiger partial charge in [0.25, 0.3) is 0 Å². The van der Waals surface area contributed by atoms with Gasteiger partial charge in [0.15, 0.2) is 5.11 Å². The lowest BCUT2D eigenvalue weighted by molar-refractivity contribution is -0.122. The molecule has 0 heterocycles. The number of carbonyl (C=O) groups excluding carboxylic acids is 1. The topological polar surface area (TPSA) is 67.2 Å². The molecule has 0 bridgehead atoms. The molecule has 0 atom stereocenters. The van der Waals surface area contributed by atoms with Crippen LogP contribution in [0.1, 0.15) is 38.5 Å². The standard InChI is InChI=1S/C9H17N3OS/c10-9(14)12-11-8(13)6-7-4-2-1-3-5-7/h7H,1-6H2,(H,11,13)(H3,10,12,14). The van der Waals surface area contributed by atoms with Crippen LogP contribution in [0.5, 0.6) is 0 Å². The Labute approximate surface area is 89.6 Å². The van der Waals surface area contributed by atoms with Gasteiger partial charge in [-0.2, -0.15) is 0 Å². The first-order valence-corrected chi connectivity index (χ1v) is 5.43. The summed E-state index contributed by atoms with van der Waals surface area (Å²) in [7, 11) is 0. The maximum absolute atomic E-state index is 11.3. The molecule has 4 N–H and O–H groups in total. The minimum atomic E-state index is -0.0234. The summed E-state index contributed by atoms with van der Waals surface area (Å²) in [5.41, 5.74) is 10.1. The lowest BCUT2D eigenvalue weighted by Gasteiger charge is -2.20. The largest absolute Gasteiger partial charge is 0.375 e. The number of nitrogens with one attached hydrogen (secondary N) is 2. The lowest BCUT2D eigenvalue weighted by atomic mass is 9.87. The second kappa shape index (κ2) is 5.80. The van der Waals surface area contributed by atoms with Gasteiger partial charge in [0, 0.05) is 6.42 Å². The second-order valence-electron chi connectivity index (χ2n) is 3.75. The molecule has 5 heteroatoms. The zero-order valence-corrected chi connectivity index (χ0v) is 9.03. The average molecular weight is 215 g/mol. The minimum Gasteiger partial charge on any atom is -0.375 e. The lowest BCUT2D eigenvalue weighted by Crippen LogP contribution is -2.44. The molecule has 1 aliphatic rings. The van der Waals surface area contributed by atoms with Gasteiger partial charge in [-0.1, -0.05) is 19.3 Å². The molecule has 0 saturated heterocycles. The number of hydrazine groups is 1. The van der Waals surface area contributed by atoms with Crippen molar-refractivity contribution in [3.8, 4) is 0 Å². The van der Waals surface area contributed by atoms with Gasteiger partial charge >= 0.3 is 0 Å². The highest BCUT2D eigenvalue weighted by molar-refractivity contribution is 7.80. The fraction of sp³-hybridized carbons (Fsp3) is 0.778. The van der Waals surface area contributed by atoms with E-state index in [1.807, 2.05) is 0 Å². The highest BCUT2D eigenvalue weighted by Gasteiger charge is 2.16. The Bertz CT molecular complexity index is 214. The van der Waals surface area contributed by atoms with Crippen LogP contribution in [0.15, 0.2) is 0 Å². The van der Waals surface area contributed by atoms with E-state index >= 15 is 0 Å². The average Bonchev–Trinajstić information content (AvgIpc) is 2.16. The fourth-order valence-electron chi connectivity index (χ4n) is 1.84. The molecular formula is C9H17N3OS. The first-order valence-electron chi connectivity index (χ1n) is 5.03. The number of nitrogens with two attached hydrogens (primary N) is 1. The van der Waals surface area contributed by atoms with Crippen LogP contribution < -0.4 is 16.6 Å². The maximum Gasteiger partial charge on any atom is 0.238 e. The zero-order valence-electron chi connectivity index (χ0n) is 8.21. The van der Waals surface area contributed by atoms with Gasteiger partial charge < -0.3 is 5.73 Å². The molecule has 1 rings (SSSR count). The second-order valence-corrected chi connectivity index (χ2v) is 4.19. The molecule has 0 unspecified atom stereocenters. The van der Waals surface area contributed by atoms with Gasteiger partial charge in [0.05, 0.1) is 0 Å². The SMILES string of the molecule is NC(=S)NNC(=O)CC1CCCCC1. The first kappa shape index (κ1) is 11.2. The Morgan fingerprint density at radius 3 is 2.50 bits per heavy atom. The number of hydrogen-bond acceptors (Lipinski definition) is 2. The summed E-state index contributed by atoms with van der Waals surface area (Å²) in [6.45, 7) is 0. The molecule has 14 heavy (non-hydrogen) atoms. The number of carbonyl (C=O) groups is 1. The molecule has 1 fully saturated rings. The highest BCUT2D eigenvalue weighted by Crippen LogP contribution is 2.25. The van der Waals surface area contributed by atoms with E-state index in [-0.39, 0.29) is 11.0 Å². The van der Waals surface area contributed by atoms with Crippen molar-refractivity contribution >= 4 is 23.2 Å². The van der Waals surface area contributed by atoms with Crippen LogP contribution in [0.2, 0.25) is 0 Å². The number of hydrogen-bond donors (Lipinski definition) is 3. The predicted octanol–water partition coefficient (Wildman–Crippen LogP) is 0.821. The van der Waals surface area contributed by atoms with Crippen molar-refractivity contribution in [2.45, 2.75) is 38.5 Å². The van der Waals surface area contributed by atoms with Crippen LogP contribution >= 0.6 is 12.2 Å². The van der Waals surface area contributed by atoms with E-state index in [0.717, 1.165) is 0 Å². The van der Waals surface area contributed by atoms with Gasteiger partial charge in [-0.3, -0.25) is 15.6 Å². The maximum atomic E-state index is 11.3. The van der Waals surface area contributed by atoms with Gasteiger partial charge in [0.2, 0.25) is 5.91 Å². The van der Waals surface area contributed by atoms with Crippen LogP contribution in [0.3, 0.4) is 0 Å². The summed E-state index contributed by atoms with van der Waals surface area (Å²) in [4.78, 5) is 11.3. The molecule has 0 aromatic rings. The van der Waals surface area contributed by atoms with Crippen LogP contribution in [0, 0.1) is 5.92 Å². The number of amides is 1. The summed E-state index contributed by atoms with van der Waals surface area (Å²) in [5, 5.41) is 0.0991. The van der Waals surface area contributed by atoms with E-state index in [1.54, 1.807) is 0 Å². The summed E-state index contributed by atoms with van der Waals surface area (Å²) >= 11 is 4.57. The smallest absolute Gasteiger partial charge is 0.238 e. The third-order valence-corrected chi connectivity index (χ3v) is 2.63. The number of thiocarbonyl (C=S) groups is 1. The highest BCUT2D eigenvalue weighted by atomic mass is 32.1. The van der Waals surface area contributed by atoms with E-state index in [9.17, 15) is 4.79 Å². The molecule has 0 spiro atoms. The zero-order chi connectivity index (χ0) is 10.4. The summed E-state index contributed by atoms with van der Waals surface area (Å²) in [5.74, 6) is 0.515. The predicted molar refractivity (Wildman–Crippen MR) is 59.3 cm³/mol. The Morgan fingerprint density at radius 2 is 1.93 bits per heavy atom. The van der Waals surface area contributed by atoms with Crippen molar-refractivity contribution < 1.29 is 4.79 Å². The molecule has 80 valence electrons. The Balaban J connectivity index is 2.15. The van der Waals surface area contributed by atoms with E-state index in [0.29, 0.717) is 12.3 Å². The molecule has 0 radical (unpaired) electrons. The van der Waals surface area contributed by atoms with Crippen molar-refractivity contribution in [2.75, 3.05) is 0 Å². The van der Waals surface area contributed by atoms with E-state index in [4.69, 9.17) is 5.73 Å². The van der Waals surface area contributed by atoms with Crippen LogP contribution in [-0.2, 0) is 4.79 Å². The van der Waals surface area contributed by atoms with Crippen LogP contribution in [-0.4, -0.2) is 11.0 Å². The van der Waals surface area contributed by atoms with Gasteiger partial charge in [-0.15, -0.1) is 0 Å². The van der Waals surface area contributed by atoms with Crippen molar-refractivity contribution in [1.29, 1.82) is 0 Å². The monoisotopic (exact) mass is 215 g/mol. The molecule has 1 saturated carbocycles. The molecule has 0 aliphatic heterocycles. The van der Waals surface area contributed by atoms with E-state index < -0.39 is 0 Å². The van der Waals surface area contributed by atoms with Crippen molar-refractivity contribution in [2.24, 2.45) is 11.7 Å². The summed E-state index contributed by atoms with van der Waals surface area (Å²) in [6, 6.07) is 0. The summed E-state index contributed by atoms with van der Waals surface area (Å²) in [6.07, 6.45) is 6.72. The van der Waals surface area contributed by atoms with Crippen LogP contribution in [0.4, 0.5) is 0 Å². The molecule has 0 aromatic heterocycles. The minimum absolute atomic E-state index is 0.0234. The van der Waals surface area contributed by atoms with Crippen molar-refractivity contribution in [3.63, 3.8) is 0 Å². The Kier molecular flexibility index (Phi) is 4.65. The molecule has 4 nitrogen and oxygen atoms in total. The fourth-order valence-corrected chi connectivity index (χ4v) is 1.89. The third-order valence-electron chi connectivity index (χ3n) is 2.52. The van der Waals surface area contributed by atoms with Crippen molar-refractivity contribution in [1.82, 2.24) is 10.9 Å². The molecule has 0 aromatic carbocycles. The van der Waals surface area contributed by atoms with Crippen molar-refractivity contribution in [3.05, 3.63) is 0 Å². The quantitative estimate of drug-likeness (QED) is 0.471. The summed E-state index contributed by atoms with van der Waals surface area (Å²) < 4.78 is 0. The van der Waals surface area contributed by atoms with Crippen LogP contribution in [0.25, 0.3) is 0 Å². The molecule has 1 amide bonds. The molecule has 1 aliphatic carbocycles. The van der Waals surface area contributed by atoms with E-state index in [2.05, 4.69) is 23.1 Å². The Hall–Kier alpha value is -0.840. The van der Waals surface area contributed by atoms with Gasteiger partial charge in [-0.05, 0) is 31.0 Å². The molecular weight excluding hydrogens is 198 g/mol. The van der Waals surface area contributed by atoms with Gasteiger partial charge in [-0.25, -0.2) is 0 Å². The first-order chi connectivity index (χ1) is 6.68. The Morgan fingerprint density at radius 1 is 1.29 bits per heavy atom. The normalized spacial score (nSPS) is 17.4.